The molecule has 0 aliphatic carbocycles. The molecule has 1 aromatic carbocycles. The van der Waals surface area contributed by atoms with E-state index >= 15 is 0 Å². The van der Waals surface area contributed by atoms with Gasteiger partial charge in [-0.05, 0) is 43.3 Å². The Balaban J connectivity index is 1.79. The van der Waals surface area contributed by atoms with Gasteiger partial charge in [0.15, 0.2) is 0 Å². The molecule has 22 heavy (non-hydrogen) atoms. The third kappa shape index (κ3) is 2.75. The molecule has 5 nitrogen and oxygen atoms in total. The fourth-order valence-electron chi connectivity index (χ4n) is 3.44. The average Bonchev–Trinajstić information content (AvgIpc) is 3.17. The number of sulfonamides is 1. The molecule has 0 amide bonds. The van der Waals surface area contributed by atoms with Gasteiger partial charge in [-0.2, -0.15) is 4.31 Å². The normalized spacial score (nSPS) is 22.0. The Hall–Kier alpha value is -1.11. The maximum absolute atomic E-state index is 12.8. The second kappa shape index (κ2) is 6.18. The Labute approximate surface area is 132 Å². The van der Waals surface area contributed by atoms with E-state index in [-0.39, 0.29) is 0 Å². The Morgan fingerprint density at radius 1 is 1.32 bits per heavy atom. The summed E-state index contributed by atoms with van der Waals surface area (Å²) in [6.45, 7) is 8.03. The molecule has 2 heterocycles. The summed E-state index contributed by atoms with van der Waals surface area (Å²) in [5, 5.41) is 0. The van der Waals surface area contributed by atoms with Crippen molar-refractivity contribution in [3.05, 3.63) is 23.8 Å². The summed E-state index contributed by atoms with van der Waals surface area (Å²) >= 11 is 0. The summed E-state index contributed by atoms with van der Waals surface area (Å²) in [6.07, 6.45) is 1.70. The lowest BCUT2D eigenvalue weighted by atomic mass is 10.2. The fraction of sp³-hybridized carbons (Fsp3) is 0.625. The van der Waals surface area contributed by atoms with Crippen molar-refractivity contribution in [2.75, 3.05) is 32.8 Å². The maximum atomic E-state index is 12.8. The van der Waals surface area contributed by atoms with E-state index in [1.54, 1.807) is 22.5 Å². The lowest BCUT2D eigenvalue weighted by Crippen LogP contribution is -2.38. The topological polar surface area (TPSA) is 49.9 Å². The summed E-state index contributed by atoms with van der Waals surface area (Å²) < 4.78 is 32.8. The minimum absolute atomic E-state index is 0.336. The standard InChI is InChI=1S/C16H24N2O3S/c1-3-17(4-2)14-7-9-18(12-14)22(19,20)15-5-6-16-13(11-15)8-10-21-16/h5-6,11,14H,3-4,7-10,12H2,1-2H3/t14-/m1/s1. The summed E-state index contributed by atoms with van der Waals surface area (Å²) in [5.74, 6) is 0.821. The van der Waals surface area contributed by atoms with Crippen LogP contribution < -0.4 is 4.74 Å². The molecule has 122 valence electrons. The van der Waals surface area contributed by atoms with Crippen LogP contribution in [-0.4, -0.2) is 56.5 Å². The van der Waals surface area contributed by atoms with Crippen LogP contribution in [0.3, 0.4) is 0 Å². The number of benzene rings is 1. The number of fused-ring (bicyclic) bond motifs is 1. The first-order chi connectivity index (χ1) is 10.6. The summed E-state index contributed by atoms with van der Waals surface area (Å²) in [6, 6.07) is 5.57. The number of ether oxygens (including phenoxy) is 1. The van der Waals surface area contributed by atoms with Crippen molar-refractivity contribution in [3.8, 4) is 5.75 Å². The van der Waals surface area contributed by atoms with Gasteiger partial charge in [-0.1, -0.05) is 13.8 Å². The summed E-state index contributed by atoms with van der Waals surface area (Å²) in [5.41, 5.74) is 1.00. The predicted octanol–water partition coefficient (Wildman–Crippen LogP) is 1.73. The first-order valence-electron chi connectivity index (χ1n) is 8.06. The highest BCUT2D eigenvalue weighted by Gasteiger charge is 2.34. The Morgan fingerprint density at radius 3 is 2.82 bits per heavy atom. The van der Waals surface area contributed by atoms with E-state index in [1.807, 2.05) is 0 Å². The summed E-state index contributed by atoms with van der Waals surface area (Å²) in [4.78, 5) is 2.74. The van der Waals surface area contributed by atoms with Gasteiger partial charge >= 0.3 is 0 Å². The molecule has 0 radical (unpaired) electrons. The molecule has 0 N–H and O–H groups in total. The molecule has 2 aliphatic rings. The first-order valence-corrected chi connectivity index (χ1v) is 9.50. The van der Waals surface area contributed by atoms with E-state index in [9.17, 15) is 8.42 Å². The highest BCUT2D eigenvalue weighted by atomic mass is 32.2. The third-order valence-corrected chi connectivity index (χ3v) is 6.61. The Bertz CT molecular complexity index is 641. The highest BCUT2D eigenvalue weighted by Crippen LogP contribution is 2.30. The van der Waals surface area contributed by atoms with Gasteiger partial charge in [0.2, 0.25) is 10.0 Å². The molecular weight excluding hydrogens is 300 g/mol. The molecule has 1 fully saturated rings. The van der Waals surface area contributed by atoms with E-state index in [0.717, 1.165) is 37.2 Å². The van der Waals surface area contributed by atoms with Gasteiger partial charge in [0, 0.05) is 25.6 Å². The zero-order chi connectivity index (χ0) is 15.7. The minimum Gasteiger partial charge on any atom is -0.493 e. The van der Waals surface area contributed by atoms with Crippen LogP contribution in [0, 0.1) is 0 Å². The highest BCUT2D eigenvalue weighted by molar-refractivity contribution is 7.89. The van der Waals surface area contributed by atoms with E-state index in [0.29, 0.717) is 30.6 Å². The predicted molar refractivity (Wildman–Crippen MR) is 85.7 cm³/mol. The van der Waals surface area contributed by atoms with Gasteiger partial charge in [-0.3, -0.25) is 4.90 Å². The van der Waals surface area contributed by atoms with Crippen LogP contribution in [0.15, 0.2) is 23.1 Å². The van der Waals surface area contributed by atoms with E-state index in [2.05, 4.69) is 18.7 Å². The van der Waals surface area contributed by atoms with Crippen molar-refractivity contribution < 1.29 is 13.2 Å². The van der Waals surface area contributed by atoms with E-state index in [4.69, 9.17) is 4.74 Å². The monoisotopic (exact) mass is 324 g/mol. The van der Waals surface area contributed by atoms with E-state index < -0.39 is 10.0 Å². The smallest absolute Gasteiger partial charge is 0.243 e. The molecule has 0 spiro atoms. The first kappa shape index (κ1) is 15.8. The van der Waals surface area contributed by atoms with Gasteiger partial charge in [0.25, 0.3) is 0 Å². The van der Waals surface area contributed by atoms with Gasteiger partial charge in [0.1, 0.15) is 5.75 Å². The molecule has 1 saturated heterocycles. The van der Waals surface area contributed by atoms with Crippen LogP contribution in [0.1, 0.15) is 25.8 Å². The van der Waals surface area contributed by atoms with Crippen molar-refractivity contribution in [1.29, 1.82) is 0 Å². The van der Waals surface area contributed by atoms with Crippen molar-refractivity contribution in [2.24, 2.45) is 0 Å². The Morgan fingerprint density at radius 2 is 2.09 bits per heavy atom. The van der Waals surface area contributed by atoms with Crippen molar-refractivity contribution in [2.45, 2.75) is 37.6 Å². The molecule has 2 aliphatic heterocycles. The molecule has 3 rings (SSSR count). The van der Waals surface area contributed by atoms with Crippen molar-refractivity contribution in [3.63, 3.8) is 0 Å². The van der Waals surface area contributed by atoms with Crippen LogP contribution in [0.2, 0.25) is 0 Å². The van der Waals surface area contributed by atoms with Crippen LogP contribution in [0.25, 0.3) is 0 Å². The number of hydrogen-bond acceptors (Lipinski definition) is 4. The van der Waals surface area contributed by atoms with Gasteiger partial charge < -0.3 is 4.74 Å². The molecule has 0 bridgehead atoms. The molecule has 1 atom stereocenters. The van der Waals surface area contributed by atoms with Gasteiger partial charge in [-0.25, -0.2) is 8.42 Å². The zero-order valence-corrected chi connectivity index (χ0v) is 14.1. The molecule has 0 unspecified atom stereocenters. The maximum Gasteiger partial charge on any atom is 0.243 e. The lowest BCUT2D eigenvalue weighted by Gasteiger charge is -2.26. The van der Waals surface area contributed by atoms with E-state index in [1.165, 1.54) is 0 Å². The van der Waals surface area contributed by atoms with Gasteiger partial charge in [0.05, 0.1) is 11.5 Å². The summed E-state index contributed by atoms with van der Waals surface area (Å²) in [7, 11) is -3.39. The molecule has 0 aromatic heterocycles. The van der Waals surface area contributed by atoms with Crippen LogP contribution in [0.5, 0.6) is 5.75 Å². The number of likely N-dealkylation sites (N-methyl/N-ethyl adjacent to an activating group) is 1. The number of hydrogen-bond donors (Lipinski definition) is 0. The molecule has 1 aromatic rings. The quantitative estimate of drug-likeness (QED) is 0.828. The molecule has 6 heteroatoms. The SMILES string of the molecule is CCN(CC)[C@@H]1CCN(S(=O)(=O)c2ccc3c(c2)CCO3)C1. The third-order valence-electron chi connectivity index (χ3n) is 4.75. The average molecular weight is 324 g/mol. The lowest BCUT2D eigenvalue weighted by molar-refractivity contribution is 0.224. The van der Waals surface area contributed by atoms with Crippen molar-refractivity contribution >= 4 is 10.0 Å². The Kier molecular flexibility index (Phi) is 4.43. The van der Waals surface area contributed by atoms with Crippen LogP contribution in [0.4, 0.5) is 0 Å². The number of nitrogens with zero attached hydrogens (tertiary/aromatic N) is 2. The fourth-order valence-corrected chi connectivity index (χ4v) is 4.98. The molecule has 0 saturated carbocycles. The number of rotatable bonds is 5. The second-order valence-electron chi connectivity index (χ2n) is 5.89. The van der Waals surface area contributed by atoms with Crippen LogP contribution in [-0.2, 0) is 16.4 Å². The molecular formula is C16H24N2O3S. The second-order valence-corrected chi connectivity index (χ2v) is 7.83. The minimum atomic E-state index is -3.39. The zero-order valence-electron chi connectivity index (χ0n) is 13.3. The van der Waals surface area contributed by atoms with Crippen LogP contribution >= 0.6 is 0 Å². The largest absolute Gasteiger partial charge is 0.493 e. The van der Waals surface area contributed by atoms with Gasteiger partial charge in [-0.15, -0.1) is 0 Å². The van der Waals surface area contributed by atoms with Crippen molar-refractivity contribution in [1.82, 2.24) is 9.21 Å².